The van der Waals surface area contributed by atoms with E-state index < -0.39 is 10.0 Å². The fraction of sp³-hybridized carbons (Fsp3) is 0.545. The molecule has 1 aliphatic heterocycles. The number of pyridine rings is 1. The Labute approximate surface area is 102 Å². The summed E-state index contributed by atoms with van der Waals surface area (Å²) in [6.07, 6.45) is 4.62. The number of hydrogen-bond acceptors (Lipinski definition) is 4. The molecular weight excluding hydrogens is 238 g/mol. The van der Waals surface area contributed by atoms with Crippen molar-refractivity contribution < 1.29 is 8.42 Å². The van der Waals surface area contributed by atoms with E-state index in [-0.39, 0.29) is 10.6 Å². The van der Waals surface area contributed by atoms with Crippen LogP contribution in [0.25, 0.3) is 0 Å². The van der Waals surface area contributed by atoms with Crippen molar-refractivity contribution in [2.24, 2.45) is 5.92 Å². The van der Waals surface area contributed by atoms with Crippen LogP contribution in [0.5, 0.6) is 0 Å². The Kier molecular flexibility index (Phi) is 3.35. The lowest BCUT2D eigenvalue weighted by atomic mass is 10.0. The topological polar surface area (TPSA) is 76.3 Å². The Hall–Kier alpha value is -1.14. The van der Waals surface area contributed by atoms with E-state index in [9.17, 15) is 8.42 Å². The van der Waals surface area contributed by atoms with Gasteiger partial charge in [-0.25, -0.2) is 8.42 Å². The van der Waals surface area contributed by atoms with Crippen molar-refractivity contribution >= 4 is 15.7 Å². The molecule has 2 N–H and O–H groups in total. The fourth-order valence-electron chi connectivity index (χ4n) is 1.97. The van der Waals surface area contributed by atoms with Gasteiger partial charge in [0.25, 0.3) is 0 Å². The summed E-state index contributed by atoms with van der Waals surface area (Å²) in [5.74, 6) is 0.590. The van der Waals surface area contributed by atoms with Crippen molar-refractivity contribution in [2.75, 3.05) is 18.8 Å². The number of anilines is 1. The monoisotopic (exact) mass is 255 g/mol. The highest BCUT2D eigenvalue weighted by molar-refractivity contribution is 7.89. The third-order valence-corrected chi connectivity index (χ3v) is 5.12. The molecule has 0 radical (unpaired) electrons. The van der Waals surface area contributed by atoms with Crippen molar-refractivity contribution in [3.05, 3.63) is 18.5 Å². The number of hydrogen-bond donors (Lipinski definition) is 1. The predicted molar refractivity (Wildman–Crippen MR) is 65.8 cm³/mol. The SMILES string of the molecule is CC1CCN(S(=O)(=O)c2cnccc2N)CC1. The minimum Gasteiger partial charge on any atom is -0.398 e. The van der Waals surface area contributed by atoms with Crippen LogP contribution in [0.15, 0.2) is 23.4 Å². The second-order valence-electron chi connectivity index (χ2n) is 4.50. The Morgan fingerprint density at radius 1 is 1.41 bits per heavy atom. The molecule has 1 aromatic heterocycles. The number of sulfonamides is 1. The molecule has 94 valence electrons. The number of rotatable bonds is 2. The predicted octanol–water partition coefficient (Wildman–Crippen LogP) is 1.08. The lowest BCUT2D eigenvalue weighted by molar-refractivity contribution is 0.288. The highest BCUT2D eigenvalue weighted by atomic mass is 32.2. The van der Waals surface area contributed by atoms with Crippen LogP contribution in [0, 0.1) is 5.92 Å². The number of nitrogens with two attached hydrogens (primary N) is 1. The minimum atomic E-state index is -3.47. The maximum absolute atomic E-state index is 12.3. The van der Waals surface area contributed by atoms with Crippen molar-refractivity contribution in [1.82, 2.24) is 9.29 Å². The highest BCUT2D eigenvalue weighted by Crippen LogP contribution is 2.25. The van der Waals surface area contributed by atoms with Gasteiger partial charge in [-0.1, -0.05) is 6.92 Å². The van der Waals surface area contributed by atoms with Gasteiger partial charge in [0.05, 0.1) is 5.69 Å². The van der Waals surface area contributed by atoms with E-state index in [4.69, 9.17) is 5.73 Å². The molecule has 0 aromatic carbocycles. The summed E-state index contributed by atoms with van der Waals surface area (Å²) in [6, 6.07) is 1.51. The highest BCUT2D eigenvalue weighted by Gasteiger charge is 2.29. The summed E-state index contributed by atoms with van der Waals surface area (Å²) >= 11 is 0. The zero-order valence-corrected chi connectivity index (χ0v) is 10.7. The Morgan fingerprint density at radius 2 is 2.06 bits per heavy atom. The molecule has 6 heteroatoms. The summed E-state index contributed by atoms with van der Waals surface area (Å²) in [4.78, 5) is 3.96. The summed E-state index contributed by atoms with van der Waals surface area (Å²) in [7, 11) is -3.47. The van der Waals surface area contributed by atoms with Crippen LogP contribution >= 0.6 is 0 Å². The van der Waals surface area contributed by atoms with Gasteiger partial charge in [-0.15, -0.1) is 0 Å². The third kappa shape index (κ3) is 2.42. The van der Waals surface area contributed by atoms with E-state index in [2.05, 4.69) is 11.9 Å². The molecule has 0 spiro atoms. The van der Waals surface area contributed by atoms with Gasteiger partial charge in [-0.3, -0.25) is 4.98 Å². The molecule has 1 saturated heterocycles. The second kappa shape index (κ2) is 4.62. The van der Waals surface area contributed by atoms with E-state index in [1.165, 1.54) is 22.8 Å². The standard InChI is InChI=1S/C11H17N3O2S/c1-9-3-6-14(7-4-9)17(15,16)11-8-13-5-2-10(11)12/h2,5,8-9H,3-4,6-7H2,1H3,(H2,12,13). The molecule has 17 heavy (non-hydrogen) atoms. The smallest absolute Gasteiger partial charge is 0.246 e. The molecule has 0 aliphatic carbocycles. The third-order valence-electron chi connectivity index (χ3n) is 3.18. The summed E-state index contributed by atoms with van der Waals surface area (Å²) in [5, 5.41) is 0. The molecule has 0 unspecified atom stereocenters. The molecule has 1 fully saturated rings. The van der Waals surface area contributed by atoms with Crippen molar-refractivity contribution in [1.29, 1.82) is 0 Å². The lowest BCUT2D eigenvalue weighted by Gasteiger charge is -2.29. The average molecular weight is 255 g/mol. The molecule has 1 aliphatic rings. The molecular formula is C11H17N3O2S. The summed E-state index contributed by atoms with van der Waals surface area (Å²) < 4.78 is 26.1. The quantitative estimate of drug-likeness (QED) is 0.858. The van der Waals surface area contributed by atoms with Crippen LogP contribution in [-0.2, 0) is 10.0 Å². The number of nitrogen functional groups attached to an aromatic ring is 1. The number of piperidine rings is 1. The maximum atomic E-state index is 12.3. The van der Waals surface area contributed by atoms with Crippen LogP contribution in [0.1, 0.15) is 19.8 Å². The van der Waals surface area contributed by atoms with Crippen LogP contribution in [-0.4, -0.2) is 30.8 Å². The molecule has 0 atom stereocenters. The summed E-state index contributed by atoms with van der Waals surface area (Å²) in [6.45, 7) is 3.28. The van der Waals surface area contributed by atoms with Gasteiger partial charge in [0.2, 0.25) is 10.0 Å². The number of nitrogens with zero attached hydrogens (tertiary/aromatic N) is 2. The zero-order chi connectivity index (χ0) is 12.5. The van der Waals surface area contributed by atoms with Crippen molar-refractivity contribution in [3.63, 3.8) is 0 Å². The van der Waals surface area contributed by atoms with Crippen LogP contribution in [0.4, 0.5) is 5.69 Å². The Bertz CT molecular complexity index is 493. The normalized spacial score (nSPS) is 19.4. The first kappa shape index (κ1) is 12.3. The molecule has 2 heterocycles. The lowest BCUT2D eigenvalue weighted by Crippen LogP contribution is -2.38. The van der Waals surface area contributed by atoms with Crippen LogP contribution < -0.4 is 5.73 Å². The van der Waals surface area contributed by atoms with E-state index >= 15 is 0 Å². The van der Waals surface area contributed by atoms with E-state index in [0.29, 0.717) is 19.0 Å². The first-order chi connectivity index (χ1) is 8.01. The Balaban J connectivity index is 2.28. The van der Waals surface area contributed by atoms with Gasteiger partial charge in [0.1, 0.15) is 4.90 Å². The van der Waals surface area contributed by atoms with E-state index in [1.807, 2.05) is 0 Å². The second-order valence-corrected chi connectivity index (χ2v) is 6.41. The van der Waals surface area contributed by atoms with Crippen molar-refractivity contribution in [3.8, 4) is 0 Å². The Morgan fingerprint density at radius 3 is 2.65 bits per heavy atom. The van der Waals surface area contributed by atoms with E-state index in [0.717, 1.165) is 12.8 Å². The molecule has 0 bridgehead atoms. The minimum absolute atomic E-state index is 0.120. The van der Waals surface area contributed by atoms with Gasteiger partial charge in [0, 0.05) is 25.5 Å². The van der Waals surface area contributed by atoms with Gasteiger partial charge >= 0.3 is 0 Å². The maximum Gasteiger partial charge on any atom is 0.246 e. The van der Waals surface area contributed by atoms with Gasteiger partial charge in [-0.05, 0) is 24.8 Å². The van der Waals surface area contributed by atoms with Crippen molar-refractivity contribution in [2.45, 2.75) is 24.7 Å². The average Bonchev–Trinajstić information content (AvgIpc) is 2.30. The molecule has 5 nitrogen and oxygen atoms in total. The van der Waals surface area contributed by atoms with Crippen LogP contribution in [0.2, 0.25) is 0 Å². The number of aromatic nitrogens is 1. The first-order valence-corrected chi connectivity index (χ1v) is 7.15. The van der Waals surface area contributed by atoms with Gasteiger partial charge < -0.3 is 5.73 Å². The van der Waals surface area contributed by atoms with E-state index in [1.54, 1.807) is 0 Å². The largest absolute Gasteiger partial charge is 0.398 e. The zero-order valence-electron chi connectivity index (χ0n) is 9.83. The van der Waals surface area contributed by atoms with Crippen LogP contribution in [0.3, 0.4) is 0 Å². The van der Waals surface area contributed by atoms with Gasteiger partial charge in [-0.2, -0.15) is 4.31 Å². The van der Waals surface area contributed by atoms with Gasteiger partial charge in [0.15, 0.2) is 0 Å². The summed E-state index contributed by atoms with van der Waals surface area (Å²) in [5.41, 5.74) is 5.96. The first-order valence-electron chi connectivity index (χ1n) is 5.71. The molecule has 0 saturated carbocycles. The molecule has 2 rings (SSSR count). The molecule has 1 aromatic rings. The molecule has 0 amide bonds. The fourth-order valence-corrected chi connectivity index (χ4v) is 3.50.